The lowest BCUT2D eigenvalue weighted by molar-refractivity contribution is 0.457. The van der Waals surface area contributed by atoms with Crippen LogP contribution in [-0.2, 0) is 0 Å². The van der Waals surface area contributed by atoms with Crippen molar-refractivity contribution in [3.05, 3.63) is 64.5 Å². The number of hydrogen-bond donors (Lipinski definition) is 1. The lowest BCUT2D eigenvalue weighted by atomic mass is 10.0. The van der Waals surface area contributed by atoms with Crippen LogP contribution >= 0.6 is 0 Å². The van der Waals surface area contributed by atoms with E-state index in [2.05, 4.69) is 0 Å². The Bertz CT molecular complexity index is 798. The van der Waals surface area contributed by atoms with Gasteiger partial charge in [-0.25, -0.2) is 4.79 Å². The molecule has 0 bridgehead atoms. The molecule has 19 heavy (non-hydrogen) atoms. The Balaban J connectivity index is 2.28. The van der Waals surface area contributed by atoms with Gasteiger partial charge in [0.25, 0.3) is 0 Å². The molecule has 0 fully saturated rings. The van der Waals surface area contributed by atoms with Crippen molar-refractivity contribution in [2.24, 2.45) is 0 Å². The third-order valence-corrected chi connectivity index (χ3v) is 3.10. The van der Waals surface area contributed by atoms with Gasteiger partial charge in [0.2, 0.25) is 0 Å². The molecule has 2 aromatic carbocycles. The summed E-state index contributed by atoms with van der Waals surface area (Å²) in [6.45, 7) is 1.99. The summed E-state index contributed by atoms with van der Waals surface area (Å²) < 4.78 is 5.20. The SMILES string of the molecule is Cc1ccc(-c2cc3cccc(O)c3oc2=O)cc1. The Hall–Kier alpha value is -2.55. The molecule has 3 rings (SSSR count). The molecule has 0 aliphatic rings. The Kier molecular flexibility index (Phi) is 2.60. The first-order valence-corrected chi connectivity index (χ1v) is 5.98. The zero-order valence-electron chi connectivity index (χ0n) is 10.4. The van der Waals surface area contributed by atoms with Crippen LogP contribution in [0.25, 0.3) is 22.1 Å². The summed E-state index contributed by atoms with van der Waals surface area (Å²) in [6, 6.07) is 14.4. The van der Waals surface area contributed by atoms with Gasteiger partial charge in [-0.05, 0) is 24.6 Å². The quantitative estimate of drug-likeness (QED) is 0.674. The molecule has 0 saturated heterocycles. The van der Waals surface area contributed by atoms with Gasteiger partial charge >= 0.3 is 5.63 Å². The first kappa shape index (κ1) is 11.5. The Morgan fingerprint density at radius 3 is 2.53 bits per heavy atom. The monoisotopic (exact) mass is 252 g/mol. The number of benzene rings is 2. The molecule has 0 spiro atoms. The fourth-order valence-electron chi connectivity index (χ4n) is 2.06. The smallest absolute Gasteiger partial charge is 0.344 e. The predicted octanol–water partition coefficient (Wildman–Crippen LogP) is 3.47. The van der Waals surface area contributed by atoms with Crippen molar-refractivity contribution in [2.75, 3.05) is 0 Å². The third kappa shape index (κ3) is 1.99. The van der Waals surface area contributed by atoms with Crippen molar-refractivity contribution >= 4 is 11.0 Å². The van der Waals surface area contributed by atoms with Crippen LogP contribution < -0.4 is 5.63 Å². The van der Waals surface area contributed by atoms with E-state index in [-0.39, 0.29) is 11.3 Å². The normalized spacial score (nSPS) is 10.8. The first-order chi connectivity index (χ1) is 9.15. The van der Waals surface area contributed by atoms with Crippen molar-refractivity contribution in [3.8, 4) is 16.9 Å². The van der Waals surface area contributed by atoms with E-state index in [0.717, 1.165) is 11.1 Å². The summed E-state index contributed by atoms with van der Waals surface area (Å²) in [4.78, 5) is 12.0. The van der Waals surface area contributed by atoms with Crippen molar-refractivity contribution in [1.82, 2.24) is 0 Å². The molecule has 3 aromatic rings. The minimum Gasteiger partial charge on any atom is -0.504 e. The Morgan fingerprint density at radius 2 is 1.79 bits per heavy atom. The van der Waals surface area contributed by atoms with E-state index >= 15 is 0 Å². The van der Waals surface area contributed by atoms with Crippen LogP contribution in [-0.4, -0.2) is 5.11 Å². The van der Waals surface area contributed by atoms with Gasteiger partial charge in [-0.3, -0.25) is 0 Å². The number of para-hydroxylation sites is 1. The van der Waals surface area contributed by atoms with Gasteiger partial charge in [-0.2, -0.15) is 0 Å². The summed E-state index contributed by atoms with van der Waals surface area (Å²) in [5.41, 5.74) is 2.22. The van der Waals surface area contributed by atoms with E-state index in [0.29, 0.717) is 10.9 Å². The highest BCUT2D eigenvalue weighted by molar-refractivity contribution is 5.85. The molecule has 0 radical (unpaired) electrons. The summed E-state index contributed by atoms with van der Waals surface area (Å²) in [7, 11) is 0. The zero-order chi connectivity index (χ0) is 13.4. The molecular weight excluding hydrogens is 240 g/mol. The summed E-state index contributed by atoms with van der Waals surface area (Å²) >= 11 is 0. The number of rotatable bonds is 1. The van der Waals surface area contributed by atoms with Crippen LogP contribution in [0.4, 0.5) is 0 Å². The maximum absolute atomic E-state index is 12.0. The van der Waals surface area contributed by atoms with Crippen LogP contribution in [0.5, 0.6) is 5.75 Å². The molecule has 0 amide bonds. The van der Waals surface area contributed by atoms with Crippen LogP contribution in [0.2, 0.25) is 0 Å². The van der Waals surface area contributed by atoms with E-state index in [1.165, 1.54) is 6.07 Å². The summed E-state index contributed by atoms with van der Waals surface area (Å²) in [5, 5.41) is 10.4. The topological polar surface area (TPSA) is 50.4 Å². The number of phenols is 1. The molecule has 0 aliphatic heterocycles. The van der Waals surface area contributed by atoms with Gasteiger partial charge in [0.15, 0.2) is 11.3 Å². The average molecular weight is 252 g/mol. The largest absolute Gasteiger partial charge is 0.504 e. The van der Waals surface area contributed by atoms with E-state index < -0.39 is 5.63 Å². The fraction of sp³-hybridized carbons (Fsp3) is 0.0625. The Labute approximate surface area is 109 Å². The lowest BCUT2D eigenvalue weighted by Crippen LogP contribution is -2.02. The second-order valence-corrected chi connectivity index (χ2v) is 4.51. The first-order valence-electron chi connectivity index (χ1n) is 5.98. The molecule has 94 valence electrons. The lowest BCUT2D eigenvalue weighted by Gasteiger charge is -2.04. The predicted molar refractivity (Wildman–Crippen MR) is 74.3 cm³/mol. The molecule has 3 heteroatoms. The molecule has 1 N–H and O–H groups in total. The number of aryl methyl sites for hydroxylation is 1. The fourth-order valence-corrected chi connectivity index (χ4v) is 2.06. The molecular formula is C16H12O3. The second-order valence-electron chi connectivity index (χ2n) is 4.51. The molecule has 3 nitrogen and oxygen atoms in total. The van der Waals surface area contributed by atoms with E-state index in [9.17, 15) is 9.90 Å². The van der Waals surface area contributed by atoms with Crippen molar-refractivity contribution in [2.45, 2.75) is 6.92 Å². The number of aromatic hydroxyl groups is 1. The number of hydrogen-bond acceptors (Lipinski definition) is 3. The maximum atomic E-state index is 12.0. The van der Waals surface area contributed by atoms with Gasteiger partial charge in [-0.15, -0.1) is 0 Å². The van der Waals surface area contributed by atoms with Gasteiger partial charge < -0.3 is 9.52 Å². The molecule has 1 heterocycles. The van der Waals surface area contributed by atoms with Crippen molar-refractivity contribution < 1.29 is 9.52 Å². The van der Waals surface area contributed by atoms with Gasteiger partial charge in [0, 0.05) is 5.39 Å². The molecule has 0 atom stereocenters. The van der Waals surface area contributed by atoms with Crippen LogP contribution in [0, 0.1) is 6.92 Å². The van der Waals surface area contributed by atoms with Crippen molar-refractivity contribution in [1.29, 1.82) is 0 Å². The second kappa shape index (κ2) is 4.28. The highest BCUT2D eigenvalue weighted by atomic mass is 16.4. The van der Waals surface area contributed by atoms with E-state index in [1.807, 2.05) is 31.2 Å². The average Bonchev–Trinajstić information content (AvgIpc) is 2.40. The zero-order valence-corrected chi connectivity index (χ0v) is 10.4. The van der Waals surface area contributed by atoms with Gasteiger partial charge in [0.05, 0.1) is 5.56 Å². The van der Waals surface area contributed by atoms with Gasteiger partial charge in [-0.1, -0.05) is 42.0 Å². The molecule has 1 aromatic heterocycles. The maximum Gasteiger partial charge on any atom is 0.344 e. The van der Waals surface area contributed by atoms with Crippen LogP contribution in [0.15, 0.2) is 57.7 Å². The number of fused-ring (bicyclic) bond motifs is 1. The highest BCUT2D eigenvalue weighted by Crippen LogP contribution is 2.26. The van der Waals surface area contributed by atoms with Gasteiger partial charge in [0.1, 0.15) is 0 Å². The Morgan fingerprint density at radius 1 is 1.05 bits per heavy atom. The summed E-state index contributed by atoms with van der Waals surface area (Å²) in [6.07, 6.45) is 0. The minimum atomic E-state index is -0.446. The molecule has 0 aliphatic carbocycles. The minimum absolute atomic E-state index is 0.0231. The van der Waals surface area contributed by atoms with E-state index in [4.69, 9.17) is 4.42 Å². The standard InChI is InChI=1S/C16H12O3/c1-10-5-7-11(8-6-10)13-9-12-3-2-4-14(17)15(12)19-16(13)18/h2-9,17H,1H3. The number of phenolic OH excluding ortho intramolecular Hbond substituents is 1. The van der Waals surface area contributed by atoms with Crippen LogP contribution in [0.3, 0.4) is 0 Å². The highest BCUT2D eigenvalue weighted by Gasteiger charge is 2.09. The summed E-state index contributed by atoms with van der Waals surface area (Å²) in [5.74, 6) is -0.0231. The van der Waals surface area contributed by atoms with Crippen molar-refractivity contribution in [3.63, 3.8) is 0 Å². The van der Waals surface area contributed by atoms with Crippen LogP contribution in [0.1, 0.15) is 5.56 Å². The molecule has 0 unspecified atom stereocenters. The third-order valence-electron chi connectivity index (χ3n) is 3.10. The van der Waals surface area contributed by atoms with E-state index in [1.54, 1.807) is 18.2 Å². The molecule has 0 saturated carbocycles.